The minimum absolute atomic E-state index is 0.00276. The normalized spacial score (nSPS) is 26.6. The number of hydrogen-bond acceptors (Lipinski definition) is 8. The van der Waals surface area contributed by atoms with Crippen LogP contribution in [0.1, 0.15) is 45.1 Å². The third-order valence-electron chi connectivity index (χ3n) is 10.3. The fourth-order valence-electron chi connectivity index (χ4n) is 8.47. The van der Waals surface area contributed by atoms with Crippen molar-refractivity contribution in [1.82, 2.24) is 19.9 Å². The van der Waals surface area contributed by atoms with Gasteiger partial charge in [-0.25, -0.2) is 8.78 Å². The average molecular weight is 602 g/mol. The number of nitrogens with zero attached hydrogens (tertiary/aromatic N) is 5. The fraction of sp³-hybridized carbons (Fsp3) is 0.500. The van der Waals surface area contributed by atoms with E-state index in [4.69, 9.17) is 14.5 Å². The van der Waals surface area contributed by atoms with Gasteiger partial charge in [-0.1, -0.05) is 19.9 Å². The topological polar surface area (TPSA) is 83.8 Å². The van der Waals surface area contributed by atoms with Crippen LogP contribution in [0, 0.1) is 23.5 Å². The number of fused-ring (bicyclic) bond motifs is 5. The molecule has 0 saturated carbocycles. The van der Waals surface area contributed by atoms with Gasteiger partial charge in [-0.15, -0.1) is 0 Å². The number of aryl methyl sites for hydroxylation is 1. The van der Waals surface area contributed by atoms with Gasteiger partial charge in [-0.05, 0) is 79.1 Å². The SMILES string of the molecule is CCc1c(F)ccc2cc(O)cc(-c3ncc4c(N5C[C@@H]6COC[C@H]5C6)nc(OC[C@@]56CCCN5C[C@H](C)C6)nc4c3F)c12. The van der Waals surface area contributed by atoms with Gasteiger partial charge >= 0.3 is 6.01 Å². The largest absolute Gasteiger partial charge is 0.508 e. The summed E-state index contributed by atoms with van der Waals surface area (Å²) < 4.78 is 44.0. The molecule has 1 N–H and O–H groups in total. The van der Waals surface area contributed by atoms with Crippen LogP contribution in [-0.4, -0.2) is 76.0 Å². The van der Waals surface area contributed by atoms with E-state index in [9.17, 15) is 9.50 Å². The highest BCUT2D eigenvalue weighted by Crippen LogP contribution is 2.43. The van der Waals surface area contributed by atoms with Crippen molar-refractivity contribution in [3.05, 3.63) is 47.7 Å². The molecule has 2 bridgehead atoms. The zero-order valence-corrected chi connectivity index (χ0v) is 25.2. The highest BCUT2D eigenvalue weighted by Gasteiger charge is 2.48. The van der Waals surface area contributed by atoms with Crippen LogP contribution in [0.5, 0.6) is 11.8 Å². The predicted octanol–water partition coefficient (Wildman–Crippen LogP) is 5.87. The van der Waals surface area contributed by atoms with Crippen molar-refractivity contribution in [1.29, 1.82) is 0 Å². The molecule has 2 aromatic heterocycles. The van der Waals surface area contributed by atoms with E-state index in [0.29, 0.717) is 71.2 Å². The summed E-state index contributed by atoms with van der Waals surface area (Å²) in [6.07, 6.45) is 6.26. The monoisotopic (exact) mass is 601 g/mol. The third kappa shape index (κ3) is 4.40. The number of rotatable bonds is 6. The second-order valence-electron chi connectivity index (χ2n) is 13.3. The number of pyridine rings is 1. The smallest absolute Gasteiger partial charge is 0.319 e. The number of hydrogen-bond donors (Lipinski definition) is 1. The summed E-state index contributed by atoms with van der Waals surface area (Å²) >= 11 is 0. The Morgan fingerprint density at radius 2 is 2.05 bits per heavy atom. The number of benzene rings is 2. The molecule has 44 heavy (non-hydrogen) atoms. The number of aromatic hydroxyl groups is 1. The third-order valence-corrected chi connectivity index (χ3v) is 10.3. The highest BCUT2D eigenvalue weighted by atomic mass is 19.1. The number of phenols is 1. The lowest BCUT2D eigenvalue weighted by Gasteiger charge is -2.31. The van der Waals surface area contributed by atoms with Gasteiger partial charge in [0, 0.05) is 30.8 Å². The number of aromatic nitrogens is 3. The Balaban J connectivity index is 1.28. The van der Waals surface area contributed by atoms with Gasteiger partial charge in [0.15, 0.2) is 5.82 Å². The van der Waals surface area contributed by atoms with Gasteiger partial charge < -0.3 is 19.5 Å². The molecule has 8 rings (SSSR count). The Hall–Kier alpha value is -3.63. The van der Waals surface area contributed by atoms with Crippen LogP contribution in [0.15, 0.2) is 30.5 Å². The Kier molecular flexibility index (Phi) is 6.64. The predicted molar refractivity (Wildman–Crippen MR) is 164 cm³/mol. The quantitative estimate of drug-likeness (QED) is 0.294. The van der Waals surface area contributed by atoms with E-state index in [-0.39, 0.29) is 40.4 Å². The molecule has 4 fully saturated rings. The van der Waals surface area contributed by atoms with Crippen molar-refractivity contribution in [2.45, 2.75) is 57.5 Å². The van der Waals surface area contributed by atoms with Crippen LogP contribution in [0.3, 0.4) is 0 Å². The van der Waals surface area contributed by atoms with Gasteiger partial charge in [0.1, 0.15) is 35.2 Å². The molecule has 0 amide bonds. The zero-order valence-electron chi connectivity index (χ0n) is 25.2. The Morgan fingerprint density at radius 3 is 2.89 bits per heavy atom. The summed E-state index contributed by atoms with van der Waals surface area (Å²) in [5, 5.41) is 12.2. The second-order valence-corrected chi connectivity index (χ2v) is 13.3. The van der Waals surface area contributed by atoms with E-state index in [1.807, 2.05) is 6.92 Å². The molecule has 10 heteroatoms. The first-order valence-electron chi connectivity index (χ1n) is 15.9. The minimum atomic E-state index is -0.650. The molecule has 4 aliphatic rings. The molecule has 0 unspecified atom stereocenters. The molecule has 2 aromatic carbocycles. The molecule has 6 heterocycles. The number of halogens is 2. The fourth-order valence-corrected chi connectivity index (χ4v) is 8.47. The number of phenolic OH excluding ortho intramolecular Hbond substituents is 1. The molecule has 8 nitrogen and oxygen atoms in total. The molecule has 4 aliphatic heterocycles. The van der Waals surface area contributed by atoms with Gasteiger partial charge in [0.05, 0.1) is 30.2 Å². The maximum atomic E-state index is 16.8. The van der Waals surface area contributed by atoms with Crippen molar-refractivity contribution >= 4 is 27.5 Å². The summed E-state index contributed by atoms with van der Waals surface area (Å²) in [5.41, 5.74) is 0.830. The molecule has 4 aromatic rings. The summed E-state index contributed by atoms with van der Waals surface area (Å²) in [6, 6.07) is 6.27. The lowest BCUT2D eigenvalue weighted by molar-refractivity contribution is 0.0701. The van der Waals surface area contributed by atoms with Crippen LogP contribution in [-0.2, 0) is 11.2 Å². The first kappa shape index (κ1) is 27.9. The van der Waals surface area contributed by atoms with E-state index in [1.165, 1.54) is 12.1 Å². The number of ether oxygens (including phenoxy) is 2. The Bertz CT molecular complexity index is 1790. The van der Waals surface area contributed by atoms with Crippen LogP contribution in [0.25, 0.3) is 32.9 Å². The maximum Gasteiger partial charge on any atom is 0.319 e. The van der Waals surface area contributed by atoms with Crippen molar-refractivity contribution in [2.75, 3.05) is 44.4 Å². The van der Waals surface area contributed by atoms with Crippen LogP contribution >= 0.6 is 0 Å². The minimum Gasteiger partial charge on any atom is -0.508 e. The van der Waals surface area contributed by atoms with Gasteiger partial charge in [-0.3, -0.25) is 9.88 Å². The summed E-state index contributed by atoms with van der Waals surface area (Å²) in [6.45, 7) is 8.76. The highest BCUT2D eigenvalue weighted by molar-refractivity contribution is 6.01. The average Bonchev–Trinajstić information content (AvgIpc) is 3.64. The van der Waals surface area contributed by atoms with E-state index in [0.717, 1.165) is 45.3 Å². The molecule has 0 radical (unpaired) electrons. The lowest BCUT2D eigenvalue weighted by Crippen LogP contribution is -2.43. The summed E-state index contributed by atoms with van der Waals surface area (Å²) in [5.74, 6) is 0.497. The van der Waals surface area contributed by atoms with Gasteiger partial charge in [0.25, 0.3) is 0 Å². The Labute approximate surface area is 255 Å². The van der Waals surface area contributed by atoms with Crippen LogP contribution in [0.4, 0.5) is 14.6 Å². The molecule has 0 aliphatic carbocycles. The van der Waals surface area contributed by atoms with Crippen LogP contribution in [0.2, 0.25) is 0 Å². The first-order valence-corrected chi connectivity index (χ1v) is 15.9. The second kappa shape index (κ2) is 10.5. The molecular formula is C34H37F2N5O3. The summed E-state index contributed by atoms with van der Waals surface area (Å²) in [4.78, 5) is 18.9. The van der Waals surface area contributed by atoms with Crippen molar-refractivity contribution in [3.8, 4) is 23.0 Å². The number of anilines is 1. The van der Waals surface area contributed by atoms with Crippen LogP contribution < -0.4 is 9.64 Å². The maximum absolute atomic E-state index is 16.8. The summed E-state index contributed by atoms with van der Waals surface area (Å²) in [7, 11) is 0. The standard InChI is InChI=1S/C34H37F2N5O3/c1-3-24-27(35)6-5-21-10-23(42)11-25(28(21)24)30-29(36)31-26(13-37-30)32(41-15-20-9-22(41)17-43-16-20)39-33(38-31)44-18-34-7-4-8-40(34)14-19(2)12-34/h5-6,10-11,13,19-20,22,42H,3-4,7-9,12,14-18H2,1-2H3/t19-,20-,22-,34+/m1/s1. The van der Waals surface area contributed by atoms with E-state index >= 15 is 4.39 Å². The van der Waals surface area contributed by atoms with Crippen molar-refractivity contribution < 1.29 is 23.4 Å². The van der Waals surface area contributed by atoms with Crippen molar-refractivity contribution in [3.63, 3.8) is 0 Å². The molecule has 230 valence electrons. The lowest BCUT2D eigenvalue weighted by atomic mass is 9.92. The van der Waals surface area contributed by atoms with E-state index < -0.39 is 5.82 Å². The zero-order chi connectivity index (χ0) is 30.2. The molecule has 4 atom stereocenters. The van der Waals surface area contributed by atoms with Gasteiger partial charge in [0.2, 0.25) is 0 Å². The van der Waals surface area contributed by atoms with E-state index in [1.54, 1.807) is 18.3 Å². The molecule has 4 saturated heterocycles. The molecule has 0 spiro atoms. The molecular weight excluding hydrogens is 564 g/mol. The van der Waals surface area contributed by atoms with Gasteiger partial charge in [-0.2, -0.15) is 9.97 Å². The Morgan fingerprint density at radius 1 is 1.16 bits per heavy atom. The van der Waals surface area contributed by atoms with E-state index in [2.05, 4.69) is 26.7 Å². The first-order chi connectivity index (χ1) is 21.3. The van der Waals surface area contributed by atoms with Crippen molar-refractivity contribution in [2.24, 2.45) is 11.8 Å².